The Morgan fingerprint density at radius 3 is 2.62 bits per heavy atom. The number of carbonyl (C=O) groups excluding carboxylic acids is 1. The van der Waals surface area contributed by atoms with E-state index in [4.69, 9.17) is 9.15 Å². The lowest BCUT2D eigenvalue weighted by atomic mass is 9.95. The normalized spacial score (nSPS) is 19.9. The number of piperidine rings is 1. The Morgan fingerprint density at radius 1 is 1.12 bits per heavy atom. The smallest absolute Gasteiger partial charge is 0.299 e. The highest BCUT2D eigenvalue weighted by atomic mass is 16.5. The van der Waals surface area contributed by atoms with Gasteiger partial charge in [0.15, 0.2) is 5.58 Å². The quantitative estimate of drug-likeness (QED) is 0.833. The molecule has 2 aliphatic heterocycles. The van der Waals surface area contributed by atoms with Crippen molar-refractivity contribution in [2.24, 2.45) is 5.92 Å². The first-order valence-corrected chi connectivity index (χ1v) is 8.56. The van der Waals surface area contributed by atoms with Crippen molar-refractivity contribution >= 4 is 23.2 Å². The lowest BCUT2D eigenvalue weighted by Gasteiger charge is -2.34. The van der Waals surface area contributed by atoms with Crippen molar-refractivity contribution < 1.29 is 13.9 Å². The van der Waals surface area contributed by atoms with Crippen LogP contribution in [0.15, 0.2) is 16.5 Å². The van der Waals surface area contributed by atoms with E-state index in [1.54, 1.807) is 0 Å². The minimum atomic E-state index is 0.101. The fraction of sp³-hybridized carbons (Fsp3) is 0.588. The van der Waals surface area contributed by atoms with Crippen LogP contribution >= 0.6 is 0 Å². The van der Waals surface area contributed by atoms with Crippen molar-refractivity contribution in [2.75, 3.05) is 44.3 Å². The molecular formula is C17H22N4O3. The van der Waals surface area contributed by atoms with Gasteiger partial charge in [-0.3, -0.25) is 4.79 Å². The van der Waals surface area contributed by atoms with Crippen LogP contribution in [-0.2, 0) is 9.53 Å². The Bertz CT molecular complexity index is 731. The molecule has 7 heteroatoms. The van der Waals surface area contributed by atoms with Crippen LogP contribution in [0.3, 0.4) is 0 Å². The molecule has 0 bridgehead atoms. The average Bonchev–Trinajstić information content (AvgIpc) is 3.05. The van der Waals surface area contributed by atoms with Crippen molar-refractivity contribution in [1.82, 2.24) is 14.9 Å². The summed E-state index contributed by atoms with van der Waals surface area (Å²) in [5.74, 6) is 0.372. The summed E-state index contributed by atoms with van der Waals surface area (Å²) in [4.78, 5) is 25.5. The molecule has 0 radical (unpaired) electrons. The topological polar surface area (TPSA) is 71.7 Å². The second-order valence-corrected chi connectivity index (χ2v) is 6.47. The first-order valence-electron chi connectivity index (χ1n) is 8.56. The van der Waals surface area contributed by atoms with Crippen molar-refractivity contribution in [3.63, 3.8) is 0 Å². The van der Waals surface area contributed by atoms with Crippen LogP contribution in [0.2, 0.25) is 0 Å². The van der Waals surface area contributed by atoms with Crippen LogP contribution in [0.25, 0.3) is 11.2 Å². The fourth-order valence-electron chi connectivity index (χ4n) is 3.40. The first-order chi connectivity index (χ1) is 11.7. The molecule has 128 valence electrons. The summed E-state index contributed by atoms with van der Waals surface area (Å²) < 4.78 is 11.1. The number of fused-ring (bicyclic) bond motifs is 1. The average molecular weight is 330 g/mol. The summed E-state index contributed by atoms with van der Waals surface area (Å²) >= 11 is 0. The molecular weight excluding hydrogens is 308 g/mol. The third kappa shape index (κ3) is 2.96. The van der Waals surface area contributed by atoms with E-state index < -0.39 is 0 Å². The molecule has 2 fully saturated rings. The van der Waals surface area contributed by atoms with Gasteiger partial charge in [0.25, 0.3) is 6.01 Å². The van der Waals surface area contributed by atoms with E-state index in [0.29, 0.717) is 30.5 Å². The summed E-state index contributed by atoms with van der Waals surface area (Å²) in [7, 11) is 0. The number of rotatable bonds is 2. The number of amides is 1. The van der Waals surface area contributed by atoms with Crippen LogP contribution < -0.4 is 4.90 Å². The number of ether oxygens (including phenoxy) is 1. The number of hydrogen-bond acceptors (Lipinski definition) is 6. The number of aromatic nitrogens is 2. The molecule has 4 heterocycles. The van der Waals surface area contributed by atoms with Crippen LogP contribution in [0.4, 0.5) is 6.01 Å². The van der Waals surface area contributed by atoms with Gasteiger partial charge >= 0.3 is 0 Å². The third-order valence-corrected chi connectivity index (χ3v) is 4.82. The molecule has 2 saturated heterocycles. The van der Waals surface area contributed by atoms with E-state index in [2.05, 4.69) is 14.9 Å². The zero-order valence-electron chi connectivity index (χ0n) is 13.9. The SMILES string of the molecule is Cc1ccc2oc(N3CCC(C(=O)N4CCOCC4)CC3)nc2n1. The Morgan fingerprint density at radius 2 is 1.88 bits per heavy atom. The fourth-order valence-corrected chi connectivity index (χ4v) is 3.40. The molecule has 4 rings (SSSR count). The molecule has 0 aliphatic carbocycles. The molecule has 0 spiro atoms. The van der Waals surface area contributed by atoms with Gasteiger partial charge < -0.3 is 19.0 Å². The zero-order chi connectivity index (χ0) is 16.5. The summed E-state index contributed by atoms with van der Waals surface area (Å²) in [6.07, 6.45) is 1.67. The predicted molar refractivity (Wildman–Crippen MR) is 88.9 cm³/mol. The maximum atomic E-state index is 12.6. The second-order valence-electron chi connectivity index (χ2n) is 6.47. The summed E-state index contributed by atoms with van der Waals surface area (Å²) in [5.41, 5.74) is 2.29. The molecule has 2 aromatic rings. The number of carbonyl (C=O) groups is 1. The molecule has 7 nitrogen and oxygen atoms in total. The van der Waals surface area contributed by atoms with Gasteiger partial charge in [-0.05, 0) is 31.9 Å². The van der Waals surface area contributed by atoms with Gasteiger partial charge in [-0.1, -0.05) is 0 Å². The van der Waals surface area contributed by atoms with Gasteiger partial charge in [-0.2, -0.15) is 4.98 Å². The lowest BCUT2D eigenvalue weighted by molar-refractivity contribution is -0.140. The Kier molecular flexibility index (Phi) is 4.10. The number of pyridine rings is 1. The number of morpholine rings is 1. The lowest BCUT2D eigenvalue weighted by Crippen LogP contribution is -2.46. The summed E-state index contributed by atoms with van der Waals surface area (Å²) in [6.45, 7) is 6.25. The minimum Gasteiger partial charge on any atom is -0.422 e. The van der Waals surface area contributed by atoms with Crippen molar-refractivity contribution in [2.45, 2.75) is 19.8 Å². The van der Waals surface area contributed by atoms with E-state index in [1.165, 1.54) is 0 Å². The molecule has 0 saturated carbocycles. The largest absolute Gasteiger partial charge is 0.422 e. The highest BCUT2D eigenvalue weighted by molar-refractivity contribution is 5.79. The van der Waals surface area contributed by atoms with Crippen molar-refractivity contribution in [3.8, 4) is 0 Å². The van der Waals surface area contributed by atoms with Gasteiger partial charge in [0.1, 0.15) is 0 Å². The molecule has 2 aliphatic rings. The van der Waals surface area contributed by atoms with Crippen molar-refractivity contribution in [1.29, 1.82) is 0 Å². The highest BCUT2D eigenvalue weighted by Crippen LogP contribution is 2.27. The van der Waals surface area contributed by atoms with Crippen LogP contribution in [-0.4, -0.2) is 60.2 Å². The van der Waals surface area contributed by atoms with Crippen molar-refractivity contribution in [3.05, 3.63) is 17.8 Å². The second kappa shape index (κ2) is 6.39. The predicted octanol–water partition coefficient (Wildman–Crippen LogP) is 1.61. The number of oxazole rings is 1. The maximum absolute atomic E-state index is 12.6. The monoisotopic (exact) mass is 330 g/mol. The molecule has 0 atom stereocenters. The van der Waals surface area contributed by atoms with Crippen LogP contribution in [0, 0.1) is 12.8 Å². The molecule has 0 unspecified atom stereocenters. The third-order valence-electron chi connectivity index (χ3n) is 4.82. The zero-order valence-corrected chi connectivity index (χ0v) is 13.9. The number of aryl methyl sites for hydroxylation is 1. The molecule has 2 aromatic heterocycles. The van der Waals surface area contributed by atoms with E-state index in [-0.39, 0.29) is 11.8 Å². The Hall–Kier alpha value is -2.15. The Balaban J connectivity index is 1.40. The summed E-state index contributed by atoms with van der Waals surface area (Å²) in [5, 5.41) is 0. The van der Waals surface area contributed by atoms with Crippen LogP contribution in [0.1, 0.15) is 18.5 Å². The van der Waals surface area contributed by atoms with Gasteiger partial charge in [0.2, 0.25) is 11.6 Å². The molecule has 0 N–H and O–H groups in total. The Labute approximate surface area is 140 Å². The molecule has 0 aromatic carbocycles. The highest BCUT2D eigenvalue weighted by Gasteiger charge is 2.30. The number of nitrogens with zero attached hydrogens (tertiary/aromatic N) is 4. The van der Waals surface area contributed by atoms with Gasteiger partial charge in [0.05, 0.1) is 13.2 Å². The number of hydrogen-bond donors (Lipinski definition) is 0. The summed E-state index contributed by atoms with van der Waals surface area (Å²) in [6, 6.07) is 4.44. The van der Waals surface area contributed by atoms with Gasteiger partial charge in [-0.25, -0.2) is 4.98 Å². The van der Waals surface area contributed by atoms with Gasteiger partial charge in [-0.15, -0.1) is 0 Å². The van der Waals surface area contributed by atoms with Gasteiger partial charge in [0, 0.05) is 37.8 Å². The minimum absolute atomic E-state index is 0.101. The van der Waals surface area contributed by atoms with E-state index in [0.717, 1.165) is 44.7 Å². The van der Waals surface area contributed by atoms with E-state index in [1.807, 2.05) is 24.0 Å². The first kappa shape index (κ1) is 15.4. The molecule has 24 heavy (non-hydrogen) atoms. The van der Waals surface area contributed by atoms with E-state index >= 15 is 0 Å². The molecule has 1 amide bonds. The number of anilines is 1. The maximum Gasteiger partial charge on any atom is 0.299 e. The van der Waals surface area contributed by atoms with Crippen LogP contribution in [0.5, 0.6) is 0 Å². The van der Waals surface area contributed by atoms with E-state index in [9.17, 15) is 4.79 Å². The standard InChI is InChI=1S/C17H22N4O3/c1-12-2-3-14-15(18-12)19-17(24-14)21-6-4-13(5-7-21)16(22)20-8-10-23-11-9-20/h2-3,13H,4-11H2,1H3.